The number of benzene rings is 1. The van der Waals surface area contributed by atoms with Crippen molar-refractivity contribution in [2.45, 2.75) is 52.5 Å². The number of nitrogens with one attached hydrogen (secondary N) is 2. The molecule has 1 aromatic carbocycles. The molecule has 1 saturated heterocycles. The Labute approximate surface area is 116 Å². The van der Waals surface area contributed by atoms with Gasteiger partial charge in [0.1, 0.15) is 0 Å². The van der Waals surface area contributed by atoms with Gasteiger partial charge < -0.3 is 10.6 Å². The highest BCUT2D eigenvalue weighted by molar-refractivity contribution is 5.95. The molecule has 0 aromatic heterocycles. The highest BCUT2D eigenvalue weighted by Gasteiger charge is 2.21. The van der Waals surface area contributed by atoms with E-state index in [0.29, 0.717) is 0 Å². The first-order valence-electron chi connectivity index (χ1n) is 7.43. The Balaban J connectivity index is 0.000000861. The molecular formula is C16H26N2O. The largest absolute Gasteiger partial charge is 0.325 e. The highest BCUT2D eigenvalue weighted by atomic mass is 16.2. The number of carbonyl (C=O) groups excluding carboxylic acids is 1. The van der Waals surface area contributed by atoms with Gasteiger partial charge in [-0.15, -0.1) is 0 Å². The topological polar surface area (TPSA) is 41.1 Å². The van der Waals surface area contributed by atoms with Crippen LogP contribution in [-0.2, 0) is 11.2 Å². The average Bonchev–Trinajstić information content (AvgIpc) is 2.98. The molecule has 0 saturated carbocycles. The Bertz CT molecular complexity index is 367. The molecule has 2 rings (SSSR count). The van der Waals surface area contributed by atoms with Gasteiger partial charge in [-0.1, -0.05) is 39.3 Å². The standard InChI is InChI=1S/C14H20N2O.C2H6/c1-2-4-11-6-8-12(9-7-11)16-14(17)13-5-3-10-15-13;1-2/h6-9,13,15H,2-5,10H2,1H3,(H,16,17);1-2H3. The van der Waals surface area contributed by atoms with E-state index in [1.807, 2.05) is 26.0 Å². The summed E-state index contributed by atoms with van der Waals surface area (Å²) in [6.45, 7) is 7.12. The molecule has 1 aromatic rings. The van der Waals surface area contributed by atoms with Gasteiger partial charge in [0.2, 0.25) is 5.91 Å². The lowest BCUT2D eigenvalue weighted by atomic mass is 10.1. The van der Waals surface area contributed by atoms with Crippen LogP contribution in [0.1, 0.15) is 45.6 Å². The van der Waals surface area contributed by atoms with E-state index in [1.54, 1.807) is 0 Å². The smallest absolute Gasteiger partial charge is 0.241 e. The summed E-state index contributed by atoms with van der Waals surface area (Å²) >= 11 is 0. The lowest BCUT2D eigenvalue weighted by molar-refractivity contribution is -0.117. The van der Waals surface area contributed by atoms with E-state index in [0.717, 1.165) is 37.9 Å². The van der Waals surface area contributed by atoms with Crippen LogP contribution in [0.4, 0.5) is 5.69 Å². The molecule has 1 heterocycles. The highest BCUT2D eigenvalue weighted by Crippen LogP contribution is 2.13. The van der Waals surface area contributed by atoms with Crippen LogP contribution in [0.15, 0.2) is 24.3 Å². The SMILES string of the molecule is CC.CCCc1ccc(NC(=O)C2CCCN2)cc1. The lowest BCUT2D eigenvalue weighted by Crippen LogP contribution is -2.35. The van der Waals surface area contributed by atoms with Crippen LogP contribution < -0.4 is 10.6 Å². The number of anilines is 1. The molecule has 1 amide bonds. The van der Waals surface area contributed by atoms with E-state index in [9.17, 15) is 4.79 Å². The second-order valence-electron chi connectivity index (χ2n) is 4.59. The summed E-state index contributed by atoms with van der Waals surface area (Å²) < 4.78 is 0. The van der Waals surface area contributed by atoms with Crippen LogP contribution in [0.2, 0.25) is 0 Å². The first-order valence-corrected chi connectivity index (χ1v) is 7.43. The maximum atomic E-state index is 11.9. The van der Waals surface area contributed by atoms with Gasteiger partial charge in [-0.3, -0.25) is 4.79 Å². The second-order valence-corrected chi connectivity index (χ2v) is 4.59. The summed E-state index contributed by atoms with van der Waals surface area (Å²) in [4.78, 5) is 11.9. The van der Waals surface area contributed by atoms with Gasteiger partial charge in [0.05, 0.1) is 6.04 Å². The summed E-state index contributed by atoms with van der Waals surface area (Å²) in [7, 11) is 0. The Hall–Kier alpha value is -1.35. The molecule has 2 N–H and O–H groups in total. The quantitative estimate of drug-likeness (QED) is 0.873. The second kappa shape index (κ2) is 8.70. The van der Waals surface area contributed by atoms with Crippen LogP contribution in [0, 0.1) is 0 Å². The van der Waals surface area contributed by atoms with Crippen molar-refractivity contribution in [3.05, 3.63) is 29.8 Å². The van der Waals surface area contributed by atoms with Crippen LogP contribution >= 0.6 is 0 Å². The molecule has 1 unspecified atom stereocenters. The summed E-state index contributed by atoms with van der Waals surface area (Å²) in [6.07, 6.45) is 4.28. The van der Waals surface area contributed by atoms with E-state index in [1.165, 1.54) is 5.56 Å². The van der Waals surface area contributed by atoms with Crippen molar-refractivity contribution in [3.63, 3.8) is 0 Å². The van der Waals surface area contributed by atoms with Gasteiger partial charge in [-0.2, -0.15) is 0 Å². The average molecular weight is 262 g/mol. The summed E-state index contributed by atoms with van der Waals surface area (Å²) in [5, 5.41) is 6.15. The van der Waals surface area contributed by atoms with Gasteiger partial charge in [-0.25, -0.2) is 0 Å². The minimum Gasteiger partial charge on any atom is -0.325 e. The van der Waals surface area contributed by atoms with Crippen molar-refractivity contribution in [1.82, 2.24) is 5.32 Å². The van der Waals surface area contributed by atoms with Crippen molar-refractivity contribution in [3.8, 4) is 0 Å². The van der Waals surface area contributed by atoms with Crippen molar-refractivity contribution >= 4 is 11.6 Å². The molecule has 1 fully saturated rings. The van der Waals surface area contributed by atoms with Gasteiger partial charge in [0.25, 0.3) is 0 Å². The minimum absolute atomic E-state index is 0.00896. The predicted octanol–water partition coefficient (Wildman–Crippen LogP) is 3.36. The molecule has 1 atom stereocenters. The predicted molar refractivity (Wildman–Crippen MR) is 81.4 cm³/mol. The van der Waals surface area contributed by atoms with Crippen molar-refractivity contribution in [2.24, 2.45) is 0 Å². The number of hydrogen-bond acceptors (Lipinski definition) is 2. The van der Waals surface area contributed by atoms with Gasteiger partial charge >= 0.3 is 0 Å². The minimum atomic E-state index is -0.00896. The third kappa shape index (κ3) is 5.03. The molecule has 0 bridgehead atoms. The molecule has 1 aliphatic heterocycles. The number of hydrogen-bond donors (Lipinski definition) is 2. The maximum absolute atomic E-state index is 11.9. The summed E-state index contributed by atoms with van der Waals surface area (Å²) in [5.74, 6) is 0.0886. The van der Waals surface area contributed by atoms with Crippen LogP contribution in [0.5, 0.6) is 0 Å². The number of rotatable bonds is 4. The fourth-order valence-electron chi connectivity index (χ4n) is 2.18. The molecular weight excluding hydrogens is 236 g/mol. The zero-order valence-corrected chi connectivity index (χ0v) is 12.3. The number of amides is 1. The van der Waals surface area contributed by atoms with E-state index < -0.39 is 0 Å². The molecule has 19 heavy (non-hydrogen) atoms. The van der Waals surface area contributed by atoms with Crippen LogP contribution in [0.25, 0.3) is 0 Å². The zero-order chi connectivity index (χ0) is 14.1. The number of carbonyl (C=O) groups is 1. The Kier molecular flexibility index (Phi) is 7.19. The maximum Gasteiger partial charge on any atom is 0.241 e. The Morgan fingerprint density at radius 1 is 1.32 bits per heavy atom. The Morgan fingerprint density at radius 3 is 2.53 bits per heavy atom. The van der Waals surface area contributed by atoms with E-state index in [2.05, 4.69) is 29.7 Å². The fraction of sp³-hybridized carbons (Fsp3) is 0.562. The van der Waals surface area contributed by atoms with E-state index >= 15 is 0 Å². The monoisotopic (exact) mass is 262 g/mol. The van der Waals surface area contributed by atoms with Crippen molar-refractivity contribution < 1.29 is 4.79 Å². The first-order chi connectivity index (χ1) is 9.29. The van der Waals surface area contributed by atoms with Gasteiger partial charge in [-0.05, 0) is 43.5 Å². The van der Waals surface area contributed by atoms with Crippen LogP contribution in [-0.4, -0.2) is 18.5 Å². The third-order valence-electron chi connectivity index (χ3n) is 3.14. The molecule has 3 heteroatoms. The fourth-order valence-corrected chi connectivity index (χ4v) is 2.18. The van der Waals surface area contributed by atoms with Crippen molar-refractivity contribution in [1.29, 1.82) is 0 Å². The van der Waals surface area contributed by atoms with Gasteiger partial charge in [0.15, 0.2) is 0 Å². The first kappa shape index (κ1) is 15.7. The molecule has 0 aliphatic carbocycles. The Morgan fingerprint density at radius 2 is 2.00 bits per heavy atom. The normalized spacial score (nSPS) is 17.5. The molecule has 106 valence electrons. The van der Waals surface area contributed by atoms with Gasteiger partial charge in [0, 0.05) is 5.69 Å². The van der Waals surface area contributed by atoms with Crippen LogP contribution in [0.3, 0.4) is 0 Å². The number of aryl methyl sites for hydroxylation is 1. The van der Waals surface area contributed by atoms with Crippen molar-refractivity contribution in [2.75, 3.05) is 11.9 Å². The molecule has 0 radical (unpaired) electrons. The zero-order valence-electron chi connectivity index (χ0n) is 12.3. The lowest BCUT2D eigenvalue weighted by Gasteiger charge is -2.11. The third-order valence-corrected chi connectivity index (χ3v) is 3.14. The van der Waals surface area contributed by atoms with E-state index in [4.69, 9.17) is 0 Å². The van der Waals surface area contributed by atoms with E-state index in [-0.39, 0.29) is 11.9 Å². The molecule has 3 nitrogen and oxygen atoms in total. The molecule has 1 aliphatic rings. The summed E-state index contributed by atoms with van der Waals surface area (Å²) in [5.41, 5.74) is 2.22. The summed E-state index contributed by atoms with van der Waals surface area (Å²) in [6, 6.07) is 8.13. The molecule has 0 spiro atoms.